The predicted molar refractivity (Wildman–Crippen MR) is 115 cm³/mol. The molecule has 0 unspecified atom stereocenters. The summed E-state index contributed by atoms with van der Waals surface area (Å²) < 4.78 is 5.30. The van der Waals surface area contributed by atoms with Crippen molar-refractivity contribution >= 4 is 0 Å². The van der Waals surface area contributed by atoms with Gasteiger partial charge in [-0.25, -0.2) is 0 Å². The van der Waals surface area contributed by atoms with Crippen LogP contribution in [-0.4, -0.2) is 6.61 Å². The van der Waals surface area contributed by atoms with E-state index >= 15 is 0 Å². The second kappa shape index (κ2) is 12.6. The maximum atomic E-state index is 5.30. The summed E-state index contributed by atoms with van der Waals surface area (Å²) in [5, 5.41) is 0. The minimum absolute atomic E-state index is 0.833. The predicted octanol–water partition coefficient (Wildman–Crippen LogP) is 7.12. The van der Waals surface area contributed by atoms with Crippen molar-refractivity contribution in [2.75, 3.05) is 6.61 Å². The van der Waals surface area contributed by atoms with Crippen LogP contribution in [0.15, 0.2) is 48.5 Å². The molecule has 1 aliphatic carbocycles. The maximum absolute atomic E-state index is 5.30. The van der Waals surface area contributed by atoms with Gasteiger partial charge in [0.15, 0.2) is 0 Å². The van der Waals surface area contributed by atoms with Gasteiger partial charge in [0.1, 0.15) is 5.75 Å². The van der Waals surface area contributed by atoms with E-state index in [1.807, 2.05) is 18.2 Å². The fourth-order valence-corrected chi connectivity index (χ4v) is 2.64. The summed E-state index contributed by atoms with van der Waals surface area (Å²) in [5.41, 5.74) is 4.48. The molecule has 26 heavy (non-hydrogen) atoms. The standard InChI is InChI=1S/C9H10.C8H8O.2C4H10/c1-2-5-9-7-3-6-8(9)4-1;1-2-4-8-7(3-1)5-6-9-8;2*1-4(2)3/h1-2,4-5H,3,6-7H2;1-4H,5-6H2;2*4H,1-3H3. The first kappa shape index (κ1) is 22.3. The molecular weight excluding hydrogens is 316 g/mol. The third-order valence-electron chi connectivity index (χ3n) is 3.61. The Balaban J connectivity index is 0.000000188. The number of fused-ring (bicyclic) bond motifs is 2. The average Bonchev–Trinajstić information content (AvgIpc) is 3.23. The molecule has 0 atom stereocenters. The molecule has 0 aromatic heterocycles. The van der Waals surface area contributed by atoms with E-state index in [1.165, 1.54) is 24.8 Å². The molecule has 1 aliphatic heterocycles. The van der Waals surface area contributed by atoms with Crippen molar-refractivity contribution in [2.24, 2.45) is 11.8 Å². The number of aryl methyl sites for hydroxylation is 2. The highest BCUT2D eigenvalue weighted by Crippen LogP contribution is 2.23. The lowest BCUT2D eigenvalue weighted by atomic mass is 10.1. The molecular formula is C25H38O. The van der Waals surface area contributed by atoms with Gasteiger partial charge >= 0.3 is 0 Å². The molecule has 1 heteroatoms. The van der Waals surface area contributed by atoms with Gasteiger partial charge in [-0.3, -0.25) is 0 Å². The topological polar surface area (TPSA) is 9.23 Å². The molecule has 0 radical (unpaired) electrons. The molecule has 0 saturated heterocycles. The normalized spacial score (nSPS) is 13.2. The molecule has 1 nitrogen and oxygen atoms in total. The number of hydrogen-bond acceptors (Lipinski definition) is 1. The van der Waals surface area contributed by atoms with Crippen LogP contribution < -0.4 is 4.74 Å². The van der Waals surface area contributed by atoms with Crippen molar-refractivity contribution in [1.29, 1.82) is 0 Å². The van der Waals surface area contributed by atoms with Crippen molar-refractivity contribution in [1.82, 2.24) is 0 Å². The summed E-state index contributed by atoms with van der Waals surface area (Å²) in [6, 6.07) is 16.9. The lowest BCUT2D eigenvalue weighted by molar-refractivity contribution is 0.357. The molecule has 2 aromatic carbocycles. The van der Waals surface area contributed by atoms with E-state index in [9.17, 15) is 0 Å². The van der Waals surface area contributed by atoms with E-state index in [0.717, 1.165) is 30.6 Å². The highest BCUT2D eigenvalue weighted by Gasteiger charge is 2.08. The van der Waals surface area contributed by atoms with Crippen LogP contribution in [0.1, 0.15) is 64.7 Å². The van der Waals surface area contributed by atoms with E-state index in [1.54, 1.807) is 11.1 Å². The van der Waals surface area contributed by atoms with Crippen molar-refractivity contribution in [3.05, 3.63) is 65.2 Å². The third kappa shape index (κ3) is 9.65. The average molecular weight is 355 g/mol. The number of rotatable bonds is 0. The zero-order chi connectivity index (χ0) is 19.4. The smallest absolute Gasteiger partial charge is 0.122 e. The summed E-state index contributed by atoms with van der Waals surface area (Å²) in [7, 11) is 0. The highest BCUT2D eigenvalue weighted by atomic mass is 16.5. The van der Waals surface area contributed by atoms with Crippen LogP contribution in [0.4, 0.5) is 0 Å². The Morgan fingerprint density at radius 2 is 1.04 bits per heavy atom. The van der Waals surface area contributed by atoms with Crippen LogP contribution in [0.3, 0.4) is 0 Å². The first-order valence-corrected chi connectivity index (χ1v) is 10.2. The molecule has 144 valence electrons. The summed E-state index contributed by atoms with van der Waals surface area (Å²) in [5.74, 6) is 2.73. The summed E-state index contributed by atoms with van der Waals surface area (Å²) >= 11 is 0. The second-order valence-electron chi connectivity index (χ2n) is 8.29. The van der Waals surface area contributed by atoms with Gasteiger partial charge in [0.25, 0.3) is 0 Å². The van der Waals surface area contributed by atoms with Gasteiger partial charge in [0.05, 0.1) is 6.61 Å². The minimum Gasteiger partial charge on any atom is -0.493 e. The minimum atomic E-state index is 0.833. The van der Waals surface area contributed by atoms with Crippen molar-refractivity contribution in [3.63, 3.8) is 0 Å². The molecule has 0 saturated carbocycles. The second-order valence-corrected chi connectivity index (χ2v) is 8.29. The van der Waals surface area contributed by atoms with Crippen LogP contribution in [0.5, 0.6) is 5.75 Å². The number of ether oxygens (including phenoxy) is 1. The lowest BCUT2D eigenvalue weighted by Crippen LogP contribution is -1.85. The third-order valence-corrected chi connectivity index (χ3v) is 3.61. The molecule has 0 amide bonds. The molecule has 0 spiro atoms. The summed E-state index contributed by atoms with van der Waals surface area (Å²) in [4.78, 5) is 0. The first-order valence-electron chi connectivity index (χ1n) is 10.2. The largest absolute Gasteiger partial charge is 0.493 e. The Hall–Kier alpha value is -1.76. The molecule has 1 heterocycles. The maximum Gasteiger partial charge on any atom is 0.122 e. The zero-order valence-electron chi connectivity index (χ0n) is 17.7. The molecule has 0 fully saturated rings. The van der Waals surface area contributed by atoms with Crippen LogP contribution >= 0.6 is 0 Å². The van der Waals surface area contributed by atoms with Crippen LogP contribution in [0.2, 0.25) is 0 Å². The molecule has 4 rings (SSSR count). The van der Waals surface area contributed by atoms with E-state index in [2.05, 4.69) is 71.9 Å². The Labute approximate surface area is 161 Å². The SMILES string of the molecule is CC(C)C.CC(C)C.c1ccc2c(c1)CCC2.c1ccc2c(c1)CCO2. The van der Waals surface area contributed by atoms with Crippen LogP contribution in [0, 0.1) is 11.8 Å². The van der Waals surface area contributed by atoms with Crippen molar-refractivity contribution in [2.45, 2.75) is 67.2 Å². The van der Waals surface area contributed by atoms with Gasteiger partial charge in [-0.05, 0) is 53.9 Å². The van der Waals surface area contributed by atoms with Gasteiger partial charge in [0.2, 0.25) is 0 Å². The number of hydrogen-bond donors (Lipinski definition) is 0. The molecule has 2 aliphatic rings. The highest BCUT2D eigenvalue weighted by molar-refractivity contribution is 5.35. The van der Waals surface area contributed by atoms with E-state index in [-0.39, 0.29) is 0 Å². The van der Waals surface area contributed by atoms with E-state index in [4.69, 9.17) is 4.74 Å². The molecule has 0 bridgehead atoms. The van der Waals surface area contributed by atoms with Gasteiger partial charge in [-0.2, -0.15) is 0 Å². The van der Waals surface area contributed by atoms with Crippen molar-refractivity contribution < 1.29 is 4.74 Å². The Morgan fingerprint density at radius 3 is 1.50 bits per heavy atom. The monoisotopic (exact) mass is 354 g/mol. The van der Waals surface area contributed by atoms with Gasteiger partial charge in [-0.15, -0.1) is 0 Å². The first-order chi connectivity index (χ1) is 12.4. The molecule has 0 N–H and O–H groups in total. The lowest BCUT2D eigenvalue weighted by Gasteiger charge is -1.93. The fraction of sp³-hybridized carbons (Fsp3) is 0.520. The summed E-state index contributed by atoms with van der Waals surface area (Å²) in [6.07, 6.45) is 5.04. The van der Waals surface area contributed by atoms with Crippen LogP contribution in [-0.2, 0) is 19.3 Å². The molecule has 2 aromatic rings. The summed E-state index contributed by atoms with van der Waals surface area (Å²) in [6.45, 7) is 13.9. The number of benzene rings is 2. The van der Waals surface area contributed by atoms with Gasteiger partial charge < -0.3 is 4.74 Å². The van der Waals surface area contributed by atoms with Gasteiger partial charge in [-0.1, -0.05) is 84.0 Å². The quantitative estimate of drug-likeness (QED) is 0.489. The Bertz CT molecular complexity index is 506. The number of para-hydroxylation sites is 1. The fourth-order valence-electron chi connectivity index (χ4n) is 2.64. The Morgan fingerprint density at radius 1 is 0.615 bits per heavy atom. The van der Waals surface area contributed by atoms with E-state index in [0.29, 0.717) is 0 Å². The van der Waals surface area contributed by atoms with E-state index < -0.39 is 0 Å². The zero-order valence-corrected chi connectivity index (χ0v) is 17.7. The Kier molecular flexibility index (Phi) is 10.8. The van der Waals surface area contributed by atoms with Crippen LogP contribution in [0.25, 0.3) is 0 Å². The van der Waals surface area contributed by atoms with Gasteiger partial charge in [0, 0.05) is 6.42 Å². The van der Waals surface area contributed by atoms with Crippen molar-refractivity contribution in [3.8, 4) is 5.75 Å².